The molecular weight excluding hydrogens is 251 g/mol. The lowest BCUT2D eigenvalue weighted by molar-refractivity contribution is 0.343. The van der Waals surface area contributed by atoms with Gasteiger partial charge in [0, 0.05) is 18.8 Å². The number of aryl methyl sites for hydroxylation is 1. The Hall–Kier alpha value is -1.09. The molecule has 0 aliphatic carbocycles. The summed E-state index contributed by atoms with van der Waals surface area (Å²) in [5.74, 6) is 1.23. The first-order valence-corrected chi connectivity index (χ1v) is 6.65. The van der Waals surface area contributed by atoms with E-state index < -0.39 is 0 Å². The molecule has 0 unspecified atom stereocenters. The quantitative estimate of drug-likeness (QED) is 0.770. The van der Waals surface area contributed by atoms with Crippen molar-refractivity contribution in [1.82, 2.24) is 9.55 Å². The van der Waals surface area contributed by atoms with Gasteiger partial charge >= 0.3 is 0 Å². The molecule has 0 fully saturated rings. The van der Waals surface area contributed by atoms with E-state index >= 15 is 0 Å². The normalized spacial score (nSPS) is 12.3. The van der Waals surface area contributed by atoms with Gasteiger partial charge in [0.2, 0.25) is 0 Å². The lowest BCUT2D eigenvalue weighted by Gasteiger charge is -2.21. The van der Waals surface area contributed by atoms with Gasteiger partial charge in [-0.2, -0.15) is 0 Å². The standard InChI is InChI=1S/C14H18ClFN2/c1-14(2,3)9-18-12-8-10(16)4-5-11(12)17-13(18)6-7-15/h4-5,8H,6-7,9H2,1-3H3. The number of rotatable bonds is 3. The van der Waals surface area contributed by atoms with Crippen LogP contribution in [0.3, 0.4) is 0 Å². The number of hydrogen-bond acceptors (Lipinski definition) is 1. The Balaban J connectivity index is 2.57. The molecule has 1 aromatic carbocycles. The SMILES string of the molecule is CC(C)(C)Cn1c(CCCl)nc2ccc(F)cc21. The predicted molar refractivity (Wildman–Crippen MR) is 73.6 cm³/mol. The second kappa shape index (κ2) is 4.88. The fraction of sp³-hybridized carbons (Fsp3) is 0.500. The third kappa shape index (κ3) is 2.83. The van der Waals surface area contributed by atoms with Crippen LogP contribution in [0, 0.1) is 11.2 Å². The molecule has 0 spiro atoms. The number of aromatic nitrogens is 2. The van der Waals surface area contributed by atoms with Crippen molar-refractivity contribution in [2.24, 2.45) is 5.41 Å². The van der Waals surface area contributed by atoms with E-state index in [2.05, 4.69) is 30.3 Å². The van der Waals surface area contributed by atoms with Crippen molar-refractivity contribution in [1.29, 1.82) is 0 Å². The molecule has 98 valence electrons. The van der Waals surface area contributed by atoms with Gasteiger partial charge in [-0.05, 0) is 23.6 Å². The van der Waals surface area contributed by atoms with E-state index in [1.54, 1.807) is 12.1 Å². The maximum atomic E-state index is 13.4. The summed E-state index contributed by atoms with van der Waals surface area (Å²) < 4.78 is 15.5. The Bertz CT molecular complexity index is 555. The minimum absolute atomic E-state index is 0.112. The fourth-order valence-electron chi connectivity index (χ4n) is 2.07. The van der Waals surface area contributed by atoms with Crippen LogP contribution in [-0.2, 0) is 13.0 Å². The molecule has 0 bridgehead atoms. The highest BCUT2D eigenvalue weighted by molar-refractivity contribution is 6.17. The second-order valence-corrected chi connectivity index (χ2v) is 6.12. The molecule has 2 aromatic rings. The Morgan fingerprint density at radius 3 is 2.67 bits per heavy atom. The van der Waals surface area contributed by atoms with Gasteiger partial charge in [0.15, 0.2) is 0 Å². The smallest absolute Gasteiger partial charge is 0.125 e. The van der Waals surface area contributed by atoms with Crippen molar-refractivity contribution in [2.45, 2.75) is 33.7 Å². The Morgan fingerprint density at radius 1 is 1.33 bits per heavy atom. The Kier molecular flexibility index (Phi) is 3.62. The monoisotopic (exact) mass is 268 g/mol. The summed E-state index contributed by atoms with van der Waals surface area (Å²) in [6, 6.07) is 4.72. The van der Waals surface area contributed by atoms with Crippen LogP contribution in [0.1, 0.15) is 26.6 Å². The molecule has 0 saturated heterocycles. The Labute approximate surface area is 112 Å². The molecule has 4 heteroatoms. The molecule has 0 N–H and O–H groups in total. The van der Waals surface area contributed by atoms with Crippen LogP contribution in [0.15, 0.2) is 18.2 Å². The second-order valence-electron chi connectivity index (χ2n) is 5.75. The summed E-state index contributed by atoms with van der Waals surface area (Å²) in [6.45, 7) is 7.27. The number of imidazole rings is 1. The Morgan fingerprint density at radius 2 is 2.06 bits per heavy atom. The highest BCUT2D eigenvalue weighted by Gasteiger charge is 2.17. The lowest BCUT2D eigenvalue weighted by Crippen LogP contribution is -2.17. The molecule has 0 atom stereocenters. The van der Waals surface area contributed by atoms with Crippen molar-refractivity contribution in [3.05, 3.63) is 29.8 Å². The zero-order chi connectivity index (χ0) is 13.3. The zero-order valence-electron chi connectivity index (χ0n) is 11.0. The lowest BCUT2D eigenvalue weighted by atomic mass is 9.96. The molecule has 2 rings (SSSR count). The van der Waals surface area contributed by atoms with Gasteiger partial charge in [-0.25, -0.2) is 9.37 Å². The summed E-state index contributed by atoms with van der Waals surface area (Å²) in [5.41, 5.74) is 1.80. The van der Waals surface area contributed by atoms with E-state index in [1.165, 1.54) is 6.07 Å². The van der Waals surface area contributed by atoms with E-state index in [0.717, 1.165) is 23.4 Å². The molecule has 0 amide bonds. The van der Waals surface area contributed by atoms with Crippen molar-refractivity contribution < 1.29 is 4.39 Å². The third-order valence-corrected chi connectivity index (χ3v) is 2.93. The van der Waals surface area contributed by atoms with Crippen molar-refractivity contribution in [2.75, 3.05) is 5.88 Å². The number of benzene rings is 1. The molecule has 18 heavy (non-hydrogen) atoms. The number of nitrogens with zero attached hydrogens (tertiary/aromatic N) is 2. The topological polar surface area (TPSA) is 17.8 Å². The van der Waals surface area contributed by atoms with Crippen LogP contribution < -0.4 is 0 Å². The van der Waals surface area contributed by atoms with Crippen LogP contribution in [0.5, 0.6) is 0 Å². The minimum atomic E-state index is -0.227. The van der Waals surface area contributed by atoms with Crippen LogP contribution in [-0.4, -0.2) is 15.4 Å². The molecule has 0 aliphatic rings. The fourth-order valence-corrected chi connectivity index (χ4v) is 2.24. The molecule has 1 aromatic heterocycles. The van der Waals surface area contributed by atoms with Crippen molar-refractivity contribution >= 4 is 22.6 Å². The first kappa shape index (κ1) is 13.3. The van der Waals surface area contributed by atoms with E-state index in [9.17, 15) is 4.39 Å². The van der Waals surface area contributed by atoms with Crippen LogP contribution in [0.4, 0.5) is 4.39 Å². The van der Waals surface area contributed by atoms with Gasteiger partial charge in [-0.3, -0.25) is 0 Å². The molecule has 2 nitrogen and oxygen atoms in total. The molecule has 0 saturated carbocycles. The van der Waals surface area contributed by atoms with E-state index in [4.69, 9.17) is 11.6 Å². The van der Waals surface area contributed by atoms with Gasteiger partial charge < -0.3 is 4.57 Å². The molecule has 0 aliphatic heterocycles. The summed E-state index contributed by atoms with van der Waals surface area (Å²) in [7, 11) is 0. The molecule has 0 radical (unpaired) electrons. The highest BCUT2D eigenvalue weighted by Crippen LogP contribution is 2.24. The first-order chi connectivity index (χ1) is 8.40. The number of halogens is 2. The molecular formula is C14H18ClFN2. The third-order valence-electron chi connectivity index (χ3n) is 2.74. The largest absolute Gasteiger partial charge is 0.327 e. The maximum absolute atomic E-state index is 13.4. The maximum Gasteiger partial charge on any atom is 0.125 e. The first-order valence-electron chi connectivity index (χ1n) is 6.11. The highest BCUT2D eigenvalue weighted by atomic mass is 35.5. The van der Waals surface area contributed by atoms with E-state index in [-0.39, 0.29) is 11.2 Å². The minimum Gasteiger partial charge on any atom is -0.327 e. The van der Waals surface area contributed by atoms with Crippen molar-refractivity contribution in [3.8, 4) is 0 Å². The zero-order valence-corrected chi connectivity index (χ0v) is 11.8. The van der Waals surface area contributed by atoms with Crippen LogP contribution >= 0.6 is 11.6 Å². The van der Waals surface area contributed by atoms with Gasteiger partial charge in [0.1, 0.15) is 11.6 Å². The predicted octanol–water partition coefficient (Wildman–Crippen LogP) is 4.00. The van der Waals surface area contributed by atoms with Crippen molar-refractivity contribution in [3.63, 3.8) is 0 Å². The number of alkyl halides is 1. The summed E-state index contributed by atoms with van der Waals surface area (Å²) >= 11 is 5.81. The summed E-state index contributed by atoms with van der Waals surface area (Å²) in [5, 5.41) is 0. The van der Waals surface area contributed by atoms with Gasteiger partial charge in [0.25, 0.3) is 0 Å². The average molecular weight is 269 g/mol. The van der Waals surface area contributed by atoms with Crippen LogP contribution in [0.2, 0.25) is 0 Å². The average Bonchev–Trinajstić information content (AvgIpc) is 2.56. The van der Waals surface area contributed by atoms with Gasteiger partial charge in [0.05, 0.1) is 11.0 Å². The van der Waals surface area contributed by atoms with Crippen LogP contribution in [0.25, 0.3) is 11.0 Å². The summed E-state index contributed by atoms with van der Waals surface area (Å²) in [6.07, 6.45) is 0.702. The summed E-state index contributed by atoms with van der Waals surface area (Å²) in [4.78, 5) is 4.54. The number of hydrogen-bond donors (Lipinski definition) is 0. The number of fused-ring (bicyclic) bond motifs is 1. The van der Waals surface area contributed by atoms with Gasteiger partial charge in [-0.1, -0.05) is 20.8 Å². The van der Waals surface area contributed by atoms with E-state index in [1.807, 2.05) is 0 Å². The van der Waals surface area contributed by atoms with E-state index in [0.29, 0.717) is 12.3 Å². The molecule has 1 heterocycles. The van der Waals surface area contributed by atoms with Gasteiger partial charge in [-0.15, -0.1) is 11.6 Å².